The Bertz CT molecular complexity index is 462. The Morgan fingerprint density at radius 2 is 1.86 bits per heavy atom. The lowest BCUT2D eigenvalue weighted by Gasteiger charge is -2.13. The Balaban J connectivity index is 0.00000220. The van der Waals surface area contributed by atoms with E-state index in [1.165, 1.54) is 25.9 Å². The molecule has 1 aromatic carbocycles. The van der Waals surface area contributed by atoms with E-state index in [4.69, 9.17) is 9.47 Å². The monoisotopic (exact) mass is 314 g/mol. The van der Waals surface area contributed by atoms with Crippen molar-refractivity contribution >= 4 is 5.91 Å². The summed E-state index contributed by atoms with van der Waals surface area (Å²) in [5.41, 5.74) is 0.596. The van der Waals surface area contributed by atoms with Gasteiger partial charge in [-0.1, -0.05) is 0 Å². The number of amides is 1. The van der Waals surface area contributed by atoms with Gasteiger partial charge in [-0.2, -0.15) is 0 Å². The van der Waals surface area contributed by atoms with Crippen LogP contribution in [-0.4, -0.2) is 46.3 Å². The molecule has 21 heavy (non-hydrogen) atoms. The van der Waals surface area contributed by atoms with Crippen molar-refractivity contribution in [2.75, 3.05) is 40.4 Å². The molecule has 5 nitrogen and oxygen atoms in total. The SMILES string of the molecule is COc1ccc(C(=O)NCC[NH+]2CCCC2)cc1OC.[Cl-]. The molecule has 1 aliphatic rings. The summed E-state index contributed by atoms with van der Waals surface area (Å²) >= 11 is 0. The molecular formula is C15H23ClN2O3. The quantitative estimate of drug-likeness (QED) is 0.593. The second-order valence-corrected chi connectivity index (χ2v) is 5.03. The first kappa shape index (κ1) is 17.6. The number of ether oxygens (including phenoxy) is 2. The lowest BCUT2D eigenvalue weighted by atomic mass is 10.2. The summed E-state index contributed by atoms with van der Waals surface area (Å²) in [5, 5.41) is 2.96. The van der Waals surface area contributed by atoms with Crippen molar-refractivity contribution in [3.63, 3.8) is 0 Å². The zero-order chi connectivity index (χ0) is 14.4. The van der Waals surface area contributed by atoms with E-state index in [0.717, 1.165) is 6.54 Å². The van der Waals surface area contributed by atoms with Crippen LogP contribution in [0.3, 0.4) is 0 Å². The zero-order valence-corrected chi connectivity index (χ0v) is 13.3. The maximum Gasteiger partial charge on any atom is 0.251 e. The van der Waals surface area contributed by atoms with Gasteiger partial charge in [0.25, 0.3) is 5.91 Å². The Labute approximate surface area is 132 Å². The molecule has 0 saturated carbocycles. The fourth-order valence-corrected chi connectivity index (χ4v) is 2.56. The van der Waals surface area contributed by atoms with Gasteiger partial charge in [0.05, 0.1) is 40.4 Å². The maximum atomic E-state index is 12.1. The summed E-state index contributed by atoms with van der Waals surface area (Å²) in [6.45, 7) is 4.17. The van der Waals surface area contributed by atoms with Crippen molar-refractivity contribution in [3.8, 4) is 11.5 Å². The highest BCUT2D eigenvalue weighted by molar-refractivity contribution is 5.94. The summed E-state index contributed by atoms with van der Waals surface area (Å²) in [7, 11) is 3.15. The van der Waals surface area contributed by atoms with E-state index >= 15 is 0 Å². The third kappa shape index (κ3) is 4.79. The van der Waals surface area contributed by atoms with Crippen LogP contribution < -0.4 is 32.1 Å². The van der Waals surface area contributed by atoms with Gasteiger partial charge in [-0.15, -0.1) is 0 Å². The van der Waals surface area contributed by atoms with Crippen LogP contribution in [0.5, 0.6) is 11.5 Å². The van der Waals surface area contributed by atoms with E-state index in [2.05, 4.69) is 5.32 Å². The van der Waals surface area contributed by atoms with E-state index < -0.39 is 0 Å². The van der Waals surface area contributed by atoms with Gasteiger partial charge < -0.3 is 32.1 Å². The predicted molar refractivity (Wildman–Crippen MR) is 76.7 cm³/mol. The molecule has 1 heterocycles. The minimum Gasteiger partial charge on any atom is -1.00 e. The van der Waals surface area contributed by atoms with Crippen molar-refractivity contribution in [1.82, 2.24) is 5.32 Å². The highest BCUT2D eigenvalue weighted by Gasteiger charge is 2.15. The summed E-state index contributed by atoms with van der Waals surface area (Å²) in [4.78, 5) is 13.7. The molecule has 6 heteroatoms. The number of hydrogen-bond acceptors (Lipinski definition) is 3. The van der Waals surface area contributed by atoms with E-state index in [0.29, 0.717) is 23.6 Å². The van der Waals surface area contributed by atoms with Gasteiger partial charge in [-0.05, 0) is 18.2 Å². The maximum absolute atomic E-state index is 12.1. The molecular weight excluding hydrogens is 292 g/mol. The van der Waals surface area contributed by atoms with E-state index in [1.54, 1.807) is 37.3 Å². The zero-order valence-electron chi connectivity index (χ0n) is 12.6. The standard InChI is InChI=1S/C15H22N2O3.ClH/c1-19-13-6-5-12(11-14(13)20-2)15(18)16-7-10-17-8-3-4-9-17;/h5-6,11H,3-4,7-10H2,1-2H3,(H,16,18);1H. The molecule has 1 amide bonds. The number of carbonyl (C=O) groups excluding carboxylic acids is 1. The van der Waals surface area contributed by atoms with Crippen LogP contribution in [0.25, 0.3) is 0 Å². The van der Waals surface area contributed by atoms with Gasteiger partial charge in [0.2, 0.25) is 0 Å². The van der Waals surface area contributed by atoms with Gasteiger partial charge in [0.15, 0.2) is 11.5 Å². The molecule has 118 valence electrons. The van der Waals surface area contributed by atoms with Crippen LogP contribution in [0.2, 0.25) is 0 Å². The van der Waals surface area contributed by atoms with Crippen LogP contribution in [0, 0.1) is 0 Å². The molecule has 0 aliphatic carbocycles. The topological polar surface area (TPSA) is 52.0 Å². The van der Waals surface area contributed by atoms with Gasteiger partial charge >= 0.3 is 0 Å². The first-order valence-electron chi connectivity index (χ1n) is 7.08. The highest BCUT2D eigenvalue weighted by atomic mass is 35.5. The van der Waals surface area contributed by atoms with Gasteiger partial charge in [-0.25, -0.2) is 0 Å². The second-order valence-electron chi connectivity index (χ2n) is 5.03. The molecule has 0 radical (unpaired) electrons. The van der Waals surface area contributed by atoms with E-state index in [9.17, 15) is 4.79 Å². The molecule has 2 N–H and O–H groups in total. The normalized spacial score (nSPS) is 14.4. The van der Waals surface area contributed by atoms with Crippen LogP contribution in [-0.2, 0) is 0 Å². The molecule has 0 bridgehead atoms. The first-order chi connectivity index (χ1) is 9.74. The lowest BCUT2D eigenvalue weighted by Crippen LogP contribution is -3.10. The van der Waals surface area contributed by atoms with E-state index in [-0.39, 0.29) is 18.3 Å². The third-order valence-electron chi connectivity index (χ3n) is 3.72. The number of benzene rings is 1. The predicted octanol–water partition coefficient (Wildman–Crippen LogP) is -2.88. The fraction of sp³-hybridized carbons (Fsp3) is 0.533. The average Bonchev–Trinajstić information content (AvgIpc) is 2.99. The Kier molecular flexibility index (Phi) is 7.32. The number of rotatable bonds is 6. The summed E-state index contributed by atoms with van der Waals surface area (Å²) < 4.78 is 10.4. The lowest BCUT2D eigenvalue weighted by molar-refractivity contribution is -0.886. The molecule has 0 atom stereocenters. The Morgan fingerprint density at radius 3 is 2.48 bits per heavy atom. The number of likely N-dealkylation sites (tertiary alicyclic amines) is 1. The van der Waals surface area contributed by atoms with Crippen molar-refractivity contribution in [2.45, 2.75) is 12.8 Å². The molecule has 2 rings (SSSR count). The number of halogens is 1. The van der Waals surface area contributed by atoms with Crippen molar-refractivity contribution in [1.29, 1.82) is 0 Å². The Hall–Kier alpha value is -1.46. The molecule has 0 spiro atoms. The van der Waals surface area contributed by atoms with Crippen LogP contribution in [0.15, 0.2) is 18.2 Å². The number of nitrogens with one attached hydrogen (secondary N) is 2. The average molecular weight is 315 g/mol. The smallest absolute Gasteiger partial charge is 0.251 e. The van der Waals surface area contributed by atoms with Crippen molar-refractivity contribution in [2.24, 2.45) is 0 Å². The van der Waals surface area contributed by atoms with Crippen LogP contribution in [0.1, 0.15) is 23.2 Å². The molecule has 0 aromatic heterocycles. The van der Waals surface area contributed by atoms with Crippen LogP contribution in [0.4, 0.5) is 0 Å². The van der Waals surface area contributed by atoms with Crippen molar-refractivity contribution in [3.05, 3.63) is 23.8 Å². The minimum absolute atomic E-state index is 0. The largest absolute Gasteiger partial charge is 1.00 e. The summed E-state index contributed by atoms with van der Waals surface area (Å²) in [5.74, 6) is 1.14. The molecule has 1 fully saturated rings. The molecule has 1 aliphatic heterocycles. The highest BCUT2D eigenvalue weighted by Crippen LogP contribution is 2.27. The van der Waals surface area contributed by atoms with Crippen molar-refractivity contribution < 1.29 is 31.6 Å². The number of hydrogen-bond donors (Lipinski definition) is 2. The second kappa shape index (κ2) is 8.74. The molecule has 0 unspecified atom stereocenters. The number of quaternary nitrogens is 1. The molecule has 1 aromatic rings. The first-order valence-corrected chi connectivity index (χ1v) is 7.08. The van der Waals surface area contributed by atoms with Crippen LogP contribution >= 0.6 is 0 Å². The summed E-state index contributed by atoms with van der Waals surface area (Å²) in [6, 6.07) is 5.20. The molecule has 1 saturated heterocycles. The third-order valence-corrected chi connectivity index (χ3v) is 3.72. The number of carbonyl (C=O) groups is 1. The van der Waals surface area contributed by atoms with Gasteiger partial charge in [0, 0.05) is 18.4 Å². The van der Waals surface area contributed by atoms with Gasteiger partial charge in [0.1, 0.15) is 0 Å². The van der Waals surface area contributed by atoms with Gasteiger partial charge in [-0.3, -0.25) is 4.79 Å². The minimum atomic E-state index is -0.0652. The Morgan fingerprint density at radius 1 is 1.19 bits per heavy atom. The fourth-order valence-electron chi connectivity index (χ4n) is 2.56. The number of methoxy groups -OCH3 is 2. The summed E-state index contributed by atoms with van der Waals surface area (Å²) in [6.07, 6.45) is 2.61. The van der Waals surface area contributed by atoms with E-state index in [1.807, 2.05) is 0 Å².